The van der Waals surface area contributed by atoms with Crippen LogP contribution in [0.15, 0.2) is 24.5 Å². The first-order valence-electron chi connectivity index (χ1n) is 2.17. The Morgan fingerprint density at radius 2 is 1.62 bits per heavy atom. The Morgan fingerprint density at radius 3 is 2.12 bits per heavy atom. The van der Waals surface area contributed by atoms with Crippen molar-refractivity contribution >= 4 is 12.2 Å². The van der Waals surface area contributed by atoms with Crippen LogP contribution in [-0.2, 0) is 0 Å². The molecule has 0 radical (unpaired) electrons. The van der Waals surface area contributed by atoms with Crippen molar-refractivity contribution in [1.29, 1.82) is 0 Å². The zero-order valence-electron chi connectivity index (χ0n) is 4.11. The number of nitrogens with zero attached hydrogens (tertiary/aromatic N) is 2. The third-order valence-corrected chi connectivity index (χ3v) is 0.864. The van der Waals surface area contributed by atoms with Gasteiger partial charge in [0.05, 0.1) is 0 Å². The summed E-state index contributed by atoms with van der Waals surface area (Å²) in [4.78, 5) is 7.49. The maximum absolute atomic E-state index is 4.66. The molecular formula is C5H4N2S. The number of rotatable bonds is 0. The largest absolute Gasteiger partial charge is 0.227 e. The van der Waals surface area contributed by atoms with Gasteiger partial charge in [0, 0.05) is 12.4 Å². The van der Waals surface area contributed by atoms with Crippen LogP contribution in [0.4, 0.5) is 0 Å². The Kier molecular flexibility index (Phi) is 1.64. The summed E-state index contributed by atoms with van der Waals surface area (Å²) in [5, 5.41) is 0. The summed E-state index contributed by atoms with van der Waals surface area (Å²) in [7, 11) is 0. The van der Waals surface area contributed by atoms with Gasteiger partial charge in [-0.25, -0.2) is 9.97 Å². The van der Waals surface area contributed by atoms with E-state index in [1.807, 2.05) is 0 Å². The monoisotopic (exact) mass is 124 g/mol. The highest BCUT2D eigenvalue weighted by Gasteiger charge is 1.67. The maximum Gasteiger partial charge on any atom is 0.219 e. The molecule has 0 aromatic carbocycles. The van der Waals surface area contributed by atoms with Crippen LogP contribution in [0.5, 0.6) is 0 Å². The molecule has 2 nitrogen and oxygen atoms in total. The van der Waals surface area contributed by atoms with E-state index in [1.165, 1.54) is 0 Å². The molecule has 0 atom stereocenters. The first-order valence-corrected chi connectivity index (χ1v) is 2.58. The van der Waals surface area contributed by atoms with Crippen LogP contribution >= 0.6 is 12.2 Å². The zero-order chi connectivity index (χ0) is 5.82. The predicted molar refractivity (Wildman–Crippen MR) is 32.9 cm³/mol. The van der Waals surface area contributed by atoms with Crippen molar-refractivity contribution in [3.8, 4) is 0 Å². The molecule has 0 unspecified atom stereocenters. The molecule has 1 rings (SSSR count). The molecule has 0 spiro atoms. The first kappa shape index (κ1) is 5.31. The molecule has 40 valence electrons. The Balaban J connectivity index is 3.32. The lowest BCUT2D eigenvalue weighted by Crippen LogP contribution is -1.64. The highest BCUT2D eigenvalue weighted by molar-refractivity contribution is 7.71. The second-order valence-electron chi connectivity index (χ2n) is 1.22. The van der Waals surface area contributed by atoms with Crippen LogP contribution < -0.4 is 0 Å². The van der Waals surface area contributed by atoms with Crippen molar-refractivity contribution in [3.05, 3.63) is 29.3 Å². The summed E-state index contributed by atoms with van der Waals surface area (Å²) >= 11 is 4.66. The van der Waals surface area contributed by atoms with Gasteiger partial charge in [-0.1, -0.05) is 0 Å². The van der Waals surface area contributed by atoms with Gasteiger partial charge in [0.1, 0.15) is 0 Å². The molecule has 0 amide bonds. The second kappa shape index (κ2) is 2.47. The van der Waals surface area contributed by atoms with E-state index in [2.05, 4.69) is 22.2 Å². The van der Waals surface area contributed by atoms with Gasteiger partial charge in [-0.15, -0.1) is 0 Å². The molecule has 0 saturated heterocycles. The van der Waals surface area contributed by atoms with Crippen molar-refractivity contribution in [2.75, 3.05) is 0 Å². The number of hydrogen-bond donors (Lipinski definition) is 0. The molecule has 8 heavy (non-hydrogen) atoms. The smallest absolute Gasteiger partial charge is 0.219 e. The van der Waals surface area contributed by atoms with E-state index in [4.69, 9.17) is 0 Å². The molecule has 0 saturated carbocycles. The van der Waals surface area contributed by atoms with Crippen molar-refractivity contribution in [2.24, 2.45) is 0 Å². The minimum Gasteiger partial charge on any atom is -0.227 e. The van der Waals surface area contributed by atoms with Gasteiger partial charge in [-0.2, -0.15) is 0 Å². The predicted octanol–water partition coefficient (Wildman–Crippen LogP) is 1.21. The fourth-order valence-electron chi connectivity index (χ4n) is 0.346. The lowest BCUT2D eigenvalue weighted by molar-refractivity contribution is 1.19. The van der Waals surface area contributed by atoms with Crippen LogP contribution in [0, 0.1) is 4.77 Å². The van der Waals surface area contributed by atoms with Gasteiger partial charge >= 0.3 is 0 Å². The highest BCUT2D eigenvalue weighted by Crippen LogP contribution is 1.74. The van der Waals surface area contributed by atoms with Crippen molar-refractivity contribution in [3.63, 3.8) is 0 Å². The highest BCUT2D eigenvalue weighted by atomic mass is 32.1. The summed E-state index contributed by atoms with van der Waals surface area (Å²) in [6, 6.07) is 3.56. The van der Waals surface area contributed by atoms with Crippen molar-refractivity contribution < 1.29 is 0 Å². The molecule has 0 bridgehead atoms. The van der Waals surface area contributed by atoms with Crippen LogP contribution in [-0.4, -0.2) is 9.97 Å². The third-order valence-electron chi connectivity index (χ3n) is 0.653. The SMILES string of the molecule is S=c1nccccn1. The molecule has 0 aliphatic carbocycles. The summed E-state index contributed by atoms with van der Waals surface area (Å²) < 4.78 is 0.384. The summed E-state index contributed by atoms with van der Waals surface area (Å²) in [6.45, 7) is 0. The molecule has 0 N–H and O–H groups in total. The first-order chi connectivity index (χ1) is 3.89. The number of hydrogen-bond acceptors (Lipinski definition) is 3. The third kappa shape index (κ3) is 1.35. The Bertz CT molecular complexity index is 201. The van der Waals surface area contributed by atoms with Gasteiger partial charge in [-0.3, -0.25) is 0 Å². The molecule has 3 heteroatoms. The molecule has 1 aromatic heterocycles. The molecule has 1 aromatic rings. The minimum atomic E-state index is 0.384. The average molecular weight is 124 g/mol. The van der Waals surface area contributed by atoms with Crippen LogP contribution in [0.3, 0.4) is 0 Å². The summed E-state index contributed by atoms with van der Waals surface area (Å²) in [6.07, 6.45) is 3.24. The Morgan fingerprint density at radius 1 is 1.12 bits per heavy atom. The zero-order valence-corrected chi connectivity index (χ0v) is 4.93. The molecule has 0 aliphatic rings. The van der Waals surface area contributed by atoms with E-state index in [-0.39, 0.29) is 0 Å². The Labute approximate surface area is 52.2 Å². The van der Waals surface area contributed by atoms with Crippen molar-refractivity contribution in [1.82, 2.24) is 9.97 Å². The normalized spacial score (nSPS) is 8.50. The lowest BCUT2D eigenvalue weighted by atomic mass is 10.6. The van der Waals surface area contributed by atoms with Crippen LogP contribution in [0.25, 0.3) is 0 Å². The van der Waals surface area contributed by atoms with Gasteiger partial charge < -0.3 is 0 Å². The quantitative estimate of drug-likeness (QED) is 0.486. The molecular weight excluding hydrogens is 120 g/mol. The van der Waals surface area contributed by atoms with E-state index < -0.39 is 0 Å². The van der Waals surface area contributed by atoms with Gasteiger partial charge in [0.25, 0.3) is 0 Å². The van der Waals surface area contributed by atoms with E-state index in [0.29, 0.717) is 4.77 Å². The Hall–Kier alpha value is -0.830. The fraction of sp³-hybridized carbons (Fsp3) is 0. The average Bonchev–Trinajstić information content (AvgIpc) is 1.94. The standard InChI is InChI=1S/C5H4N2S/c8-5-6-3-1-2-4-7-5/h1-4H. The van der Waals surface area contributed by atoms with E-state index in [9.17, 15) is 0 Å². The van der Waals surface area contributed by atoms with Crippen LogP contribution in [0.1, 0.15) is 0 Å². The van der Waals surface area contributed by atoms with E-state index >= 15 is 0 Å². The molecule has 0 aliphatic heterocycles. The van der Waals surface area contributed by atoms with Gasteiger partial charge in [-0.05, 0) is 24.4 Å². The second-order valence-corrected chi connectivity index (χ2v) is 1.59. The summed E-state index contributed by atoms with van der Waals surface area (Å²) in [5.41, 5.74) is 0. The minimum absolute atomic E-state index is 0.384. The van der Waals surface area contributed by atoms with Gasteiger partial charge in [0.15, 0.2) is 0 Å². The van der Waals surface area contributed by atoms with Crippen LogP contribution in [0.2, 0.25) is 0 Å². The molecule has 1 heterocycles. The van der Waals surface area contributed by atoms with Gasteiger partial charge in [0.2, 0.25) is 4.77 Å². The topological polar surface area (TPSA) is 25.8 Å². The molecule has 0 fully saturated rings. The summed E-state index contributed by atoms with van der Waals surface area (Å²) in [5.74, 6) is 0. The maximum atomic E-state index is 4.66. The van der Waals surface area contributed by atoms with Crippen molar-refractivity contribution in [2.45, 2.75) is 0 Å². The fourth-order valence-corrected chi connectivity index (χ4v) is 0.468. The number of aromatic nitrogens is 2. The van der Waals surface area contributed by atoms with E-state index in [1.54, 1.807) is 24.5 Å². The van der Waals surface area contributed by atoms with E-state index in [0.717, 1.165) is 0 Å². The lowest BCUT2D eigenvalue weighted by Gasteiger charge is -1.60.